The molecule has 0 saturated carbocycles. The number of hydrogen-bond donors (Lipinski definition) is 2. The minimum absolute atomic E-state index is 0.0527. The summed E-state index contributed by atoms with van der Waals surface area (Å²) in [6.45, 7) is 0.363. The van der Waals surface area contributed by atoms with Gasteiger partial charge in [-0.25, -0.2) is 0 Å². The van der Waals surface area contributed by atoms with Gasteiger partial charge in [0.1, 0.15) is 0 Å². The Morgan fingerprint density at radius 2 is 2.29 bits per heavy atom. The van der Waals surface area contributed by atoms with Crippen LogP contribution in [-0.2, 0) is 4.79 Å². The van der Waals surface area contributed by atoms with E-state index in [1.807, 2.05) is 6.07 Å². The van der Waals surface area contributed by atoms with Gasteiger partial charge in [0.2, 0.25) is 5.91 Å². The zero-order valence-corrected chi connectivity index (χ0v) is 7.68. The van der Waals surface area contributed by atoms with E-state index in [0.29, 0.717) is 12.2 Å². The van der Waals surface area contributed by atoms with Crippen molar-refractivity contribution in [3.8, 4) is 0 Å². The maximum Gasteiger partial charge on any atom is 0.229 e. The van der Waals surface area contributed by atoms with Crippen LogP contribution >= 0.6 is 0 Å². The van der Waals surface area contributed by atoms with Crippen molar-refractivity contribution in [2.24, 2.45) is 0 Å². The molecule has 0 aliphatic carbocycles. The molecule has 4 heteroatoms. The first-order valence-corrected chi connectivity index (χ1v) is 4.51. The Bertz CT molecular complexity index is 365. The van der Waals surface area contributed by atoms with Crippen molar-refractivity contribution in [1.29, 1.82) is 0 Å². The Labute approximate surface area is 81.9 Å². The van der Waals surface area contributed by atoms with Crippen molar-refractivity contribution in [3.63, 3.8) is 0 Å². The van der Waals surface area contributed by atoms with Gasteiger partial charge in [-0.3, -0.25) is 4.79 Å². The zero-order chi connectivity index (χ0) is 10.1. The Morgan fingerprint density at radius 3 is 2.86 bits per heavy atom. The maximum absolute atomic E-state index is 11.4. The second-order valence-electron chi connectivity index (χ2n) is 3.46. The highest BCUT2D eigenvalue weighted by Gasteiger charge is 2.28. The number of benzene rings is 1. The summed E-state index contributed by atoms with van der Waals surface area (Å²) in [5.74, 6) is -0.0527. The number of nitrogens with two attached hydrogens (primary N) is 1. The van der Waals surface area contributed by atoms with E-state index in [1.165, 1.54) is 0 Å². The molecule has 1 atom stereocenters. The lowest BCUT2D eigenvalue weighted by Gasteiger charge is -2.15. The normalized spacial score (nSPS) is 21.6. The number of aliphatic hydroxyl groups excluding tert-OH is 1. The summed E-state index contributed by atoms with van der Waals surface area (Å²) in [5, 5.41) is 9.31. The molecule has 74 valence electrons. The van der Waals surface area contributed by atoms with E-state index in [2.05, 4.69) is 0 Å². The summed E-state index contributed by atoms with van der Waals surface area (Å²) in [7, 11) is 0. The fraction of sp³-hybridized carbons (Fsp3) is 0.300. The molecular weight excluding hydrogens is 180 g/mol. The average molecular weight is 192 g/mol. The Morgan fingerprint density at radius 1 is 1.50 bits per heavy atom. The third kappa shape index (κ3) is 1.56. The van der Waals surface area contributed by atoms with E-state index in [0.717, 1.165) is 5.69 Å². The molecule has 1 amide bonds. The minimum atomic E-state index is -0.552. The number of nitrogens with zero attached hydrogens (tertiary/aromatic N) is 1. The molecule has 4 nitrogen and oxygen atoms in total. The van der Waals surface area contributed by atoms with Gasteiger partial charge in [-0.15, -0.1) is 0 Å². The lowest BCUT2D eigenvalue weighted by Crippen LogP contribution is -2.25. The van der Waals surface area contributed by atoms with Gasteiger partial charge in [-0.2, -0.15) is 0 Å². The summed E-state index contributed by atoms with van der Waals surface area (Å²) in [5.41, 5.74) is 6.98. The van der Waals surface area contributed by atoms with Crippen LogP contribution in [0, 0.1) is 0 Å². The molecule has 1 heterocycles. The predicted molar refractivity (Wildman–Crippen MR) is 53.8 cm³/mol. The molecule has 1 saturated heterocycles. The fourth-order valence-corrected chi connectivity index (χ4v) is 1.63. The summed E-state index contributed by atoms with van der Waals surface area (Å²) in [6, 6.07) is 7.10. The molecule has 2 rings (SSSR count). The SMILES string of the molecule is Nc1cccc(N2CC(O)CC2=O)c1. The first-order valence-electron chi connectivity index (χ1n) is 4.51. The summed E-state index contributed by atoms with van der Waals surface area (Å²) in [4.78, 5) is 13.0. The number of anilines is 2. The second-order valence-corrected chi connectivity index (χ2v) is 3.46. The van der Waals surface area contributed by atoms with E-state index < -0.39 is 6.10 Å². The molecule has 1 aliphatic heterocycles. The van der Waals surface area contributed by atoms with E-state index >= 15 is 0 Å². The Hall–Kier alpha value is -1.55. The van der Waals surface area contributed by atoms with Crippen LogP contribution in [0.2, 0.25) is 0 Å². The van der Waals surface area contributed by atoms with E-state index in [-0.39, 0.29) is 12.3 Å². The van der Waals surface area contributed by atoms with Crippen molar-refractivity contribution in [1.82, 2.24) is 0 Å². The number of rotatable bonds is 1. The topological polar surface area (TPSA) is 66.6 Å². The first-order chi connectivity index (χ1) is 6.66. The molecule has 0 radical (unpaired) electrons. The van der Waals surface area contributed by atoms with Gasteiger partial charge in [0, 0.05) is 11.4 Å². The van der Waals surface area contributed by atoms with Gasteiger partial charge in [-0.1, -0.05) is 6.07 Å². The smallest absolute Gasteiger partial charge is 0.229 e. The van der Waals surface area contributed by atoms with Crippen LogP contribution < -0.4 is 10.6 Å². The third-order valence-corrected chi connectivity index (χ3v) is 2.29. The first kappa shape index (κ1) is 9.02. The molecule has 1 aliphatic rings. The van der Waals surface area contributed by atoms with E-state index in [4.69, 9.17) is 5.73 Å². The van der Waals surface area contributed by atoms with Crippen LogP contribution in [0.1, 0.15) is 6.42 Å². The molecule has 0 aromatic heterocycles. The molecule has 1 aromatic carbocycles. The average Bonchev–Trinajstić information content (AvgIpc) is 2.45. The number of carbonyl (C=O) groups is 1. The van der Waals surface area contributed by atoms with Crippen molar-refractivity contribution in [3.05, 3.63) is 24.3 Å². The van der Waals surface area contributed by atoms with Crippen molar-refractivity contribution >= 4 is 17.3 Å². The lowest BCUT2D eigenvalue weighted by molar-refractivity contribution is -0.117. The Kier molecular flexibility index (Phi) is 2.13. The lowest BCUT2D eigenvalue weighted by atomic mass is 10.2. The number of carbonyl (C=O) groups excluding carboxylic acids is 1. The van der Waals surface area contributed by atoms with Gasteiger partial charge in [-0.05, 0) is 18.2 Å². The minimum Gasteiger partial charge on any atom is -0.399 e. The molecule has 1 unspecified atom stereocenters. The number of nitrogen functional groups attached to an aromatic ring is 1. The van der Waals surface area contributed by atoms with Crippen LogP contribution in [0.25, 0.3) is 0 Å². The molecule has 1 aromatic rings. The van der Waals surface area contributed by atoms with E-state index in [1.54, 1.807) is 23.1 Å². The van der Waals surface area contributed by atoms with E-state index in [9.17, 15) is 9.90 Å². The van der Waals surface area contributed by atoms with Gasteiger partial charge in [0.05, 0.1) is 19.1 Å². The van der Waals surface area contributed by atoms with Crippen LogP contribution in [-0.4, -0.2) is 23.7 Å². The largest absolute Gasteiger partial charge is 0.399 e. The number of β-amino-alcohol motifs (C(OH)–C–C–N with tert-alkyl or cyclic N) is 1. The Balaban J connectivity index is 2.27. The number of aliphatic hydroxyl groups is 1. The van der Waals surface area contributed by atoms with Crippen LogP contribution in [0.4, 0.5) is 11.4 Å². The molecule has 1 fully saturated rings. The number of amides is 1. The molecule has 0 spiro atoms. The fourth-order valence-electron chi connectivity index (χ4n) is 1.63. The molecule has 3 N–H and O–H groups in total. The third-order valence-electron chi connectivity index (χ3n) is 2.29. The number of hydrogen-bond acceptors (Lipinski definition) is 3. The van der Waals surface area contributed by atoms with Gasteiger partial charge in [0.15, 0.2) is 0 Å². The quantitative estimate of drug-likeness (QED) is 0.631. The highest BCUT2D eigenvalue weighted by Crippen LogP contribution is 2.22. The van der Waals surface area contributed by atoms with Gasteiger partial charge in [0.25, 0.3) is 0 Å². The highest BCUT2D eigenvalue weighted by molar-refractivity contribution is 5.96. The second kappa shape index (κ2) is 3.31. The highest BCUT2D eigenvalue weighted by atomic mass is 16.3. The maximum atomic E-state index is 11.4. The van der Waals surface area contributed by atoms with Crippen molar-refractivity contribution < 1.29 is 9.90 Å². The van der Waals surface area contributed by atoms with Crippen LogP contribution in [0.15, 0.2) is 24.3 Å². The molecule has 0 bridgehead atoms. The van der Waals surface area contributed by atoms with Crippen molar-refractivity contribution in [2.45, 2.75) is 12.5 Å². The van der Waals surface area contributed by atoms with Crippen LogP contribution in [0.3, 0.4) is 0 Å². The predicted octanol–water partition coefficient (Wildman–Crippen LogP) is 0.366. The zero-order valence-electron chi connectivity index (χ0n) is 7.68. The summed E-state index contributed by atoms with van der Waals surface area (Å²) < 4.78 is 0. The van der Waals surface area contributed by atoms with Gasteiger partial charge < -0.3 is 15.7 Å². The van der Waals surface area contributed by atoms with Crippen LogP contribution in [0.5, 0.6) is 0 Å². The molecular formula is C10H12N2O2. The van der Waals surface area contributed by atoms with Gasteiger partial charge >= 0.3 is 0 Å². The summed E-state index contributed by atoms with van der Waals surface area (Å²) in [6.07, 6.45) is -0.349. The monoisotopic (exact) mass is 192 g/mol. The van der Waals surface area contributed by atoms with Crippen molar-refractivity contribution in [2.75, 3.05) is 17.2 Å². The standard InChI is InChI=1S/C10H12N2O2/c11-7-2-1-3-8(4-7)12-6-9(13)5-10(12)14/h1-4,9,13H,5-6,11H2. The molecule has 14 heavy (non-hydrogen) atoms. The summed E-state index contributed by atoms with van der Waals surface area (Å²) >= 11 is 0.